The molecule has 0 aromatic rings. The van der Waals surface area contributed by atoms with Crippen molar-refractivity contribution in [2.24, 2.45) is 17.6 Å². The summed E-state index contributed by atoms with van der Waals surface area (Å²) in [6.07, 6.45) is 3.13. The molecule has 3 atom stereocenters. The number of hydrogen-bond acceptors (Lipinski definition) is 3. The number of piperidine rings is 1. The Bertz CT molecular complexity index is 295. The summed E-state index contributed by atoms with van der Waals surface area (Å²) in [5.74, 6) is 1.38. The van der Waals surface area contributed by atoms with Crippen molar-refractivity contribution in [3.05, 3.63) is 0 Å². The Balaban J connectivity index is 2.34. The number of amides is 1. The van der Waals surface area contributed by atoms with E-state index in [0.29, 0.717) is 0 Å². The van der Waals surface area contributed by atoms with E-state index in [9.17, 15) is 4.79 Å². The zero-order valence-corrected chi connectivity index (χ0v) is 13.0. The molecule has 1 amide bonds. The number of primary amides is 1. The number of likely N-dealkylation sites (N-methyl/N-ethyl adjacent to an activating group) is 1. The first-order chi connectivity index (χ1) is 8.89. The predicted molar refractivity (Wildman–Crippen MR) is 79.9 cm³/mol. The molecule has 4 nitrogen and oxygen atoms in total. The molecule has 0 saturated carbocycles. The topological polar surface area (TPSA) is 58.4 Å². The van der Waals surface area contributed by atoms with Crippen LogP contribution < -0.4 is 11.1 Å². The van der Waals surface area contributed by atoms with E-state index in [-0.39, 0.29) is 5.91 Å². The normalized spacial score (nSPS) is 28.0. The molecule has 1 fully saturated rings. The zero-order chi connectivity index (χ0) is 14.5. The van der Waals surface area contributed by atoms with Gasteiger partial charge in [0.2, 0.25) is 5.91 Å². The van der Waals surface area contributed by atoms with Crippen LogP contribution in [0.4, 0.5) is 0 Å². The van der Waals surface area contributed by atoms with Gasteiger partial charge < -0.3 is 16.0 Å². The van der Waals surface area contributed by atoms with Crippen LogP contribution in [0.3, 0.4) is 0 Å². The maximum atomic E-state index is 11.5. The first-order valence-electron chi connectivity index (χ1n) is 7.66. The van der Waals surface area contributed by atoms with Gasteiger partial charge in [0.1, 0.15) is 0 Å². The Morgan fingerprint density at radius 3 is 2.63 bits per heavy atom. The highest BCUT2D eigenvalue weighted by Gasteiger charge is 2.30. The summed E-state index contributed by atoms with van der Waals surface area (Å²) in [5.41, 5.74) is 4.95. The molecule has 4 heteroatoms. The zero-order valence-electron chi connectivity index (χ0n) is 13.0. The second-order valence-corrected chi connectivity index (χ2v) is 6.37. The minimum Gasteiger partial charge on any atom is -0.368 e. The van der Waals surface area contributed by atoms with Crippen LogP contribution >= 0.6 is 0 Å². The third-order valence-electron chi connectivity index (χ3n) is 4.68. The van der Waals surface area contributed by atoms with Crippen molar-refractivity contribution in [3.63, 3.8) is 0 Å². The molecule has 0 radical (unpaired) electrons. The predicted octanol–water partition coefficient (Wildman–Crippen LogP) is 1.60. The van der Waals surface area contributed by atoms with Gasteiger partial charge in [-0.2, -0.15) is 0 Å². The summed E-state index contributed by atoms with van der Waals surface area (Å²) in [6.45, 7) is 12.8. The van der Waals surface area contributed by atoms with Crippen LogP contribution in [0.2, 0.25) is 0 Å². The van der Waals surface area contributed by atoms with Crippen LogP contribution in [0, 0.1) is 11.8 Å². The number of nitrogens with one attached hydrogen (secondary N) is 1. The van der Waals surface area contributed by atoms with Gasteiger partial charge in [0.05, 0.1) is 5.54 Å². The molecule has 3 N–H and O–H groups in total. The number of carbonyl (C=O) groups is 1. The van der Waals surface area contributed by atoms with E-state index in [2.05, 4.69) is 24.1 Å². The van der Waals surface area contributed by atoms with E-state index in [1.807, 2.05) is 13.8 Å². The van der Waals surface area contributed by atoms with Crippen LogP contribution in [0.15, 0.2) is 0 Å². The molecule has 0 aromatic heterocycles. The molecular weight excluding hydrogens is 238 g/mol. The summed E-state index contributed by atoms with van der Waals surface area (Å²) in [4.78, 5) is 14.1. The lowest BCUT2D eigenvalue weighted by atomic mass is 9.88. The highest BCUT2D eigenvalue weighted by Crippen LogP contribution is 2.23. The number of carbonyl (C=O) groups excluding carboxylic acids is 1. The largest absolute Gasteiger partial charge is 0.368 e. The van der Waals surface area contributed by atoms with Crippen molar-refractivity contribution >= 4 is 5.91 Å². The molecule has 0 spiro atoms. The smallest absolute Gasteiger partial charge is 0.237 e. The molecule has 1 rings (SSSR count). The van der Waals surface area contributed by atoms with Crippen molar-refractivity contribution in [3.8, 4) is 0 Å². The van der Waals surface area contributed by atoms with E-state index in [1.54, 1.807) is 0 Å². The summed E-state index contributed by atoms with van der Waals surface area (Å²) < 4.78 is 0. The van der Waals surface area contributed by atoms with E-state index in [4.69, 9.17) is 5.73 Å². The molecule has 3 unspecified atom stereocenters. The number of rotatable bonds is 7. The van der Waals surface area contributed by atoms with E-state index in [0.717, 1.165) is 37.8 Å². The van der Waals surface area contributed by atoms with Crippen LogP contribution in [0.1, 0.15) is 47.0 Å². The standard InChI is InChI=1S/C15H31N3O/c1-5-17-15(4,14(16)19)8-6-9-18-10-7-12(2)13(3)11-18/h12-13,17H,5-11H2,1-4H3,(H2,16,19). The second-order valence-electron chi connectivity index (χ2n) is 6.37. The van der Waals surface area contributed by atoms with Gasteiger partial charge in [0.15, 0.2) is 0 Å². The number of nitrogens with zero attached hydrogens (tertiary/aromatic N) is 1. The lowest BCUT2D eigenvalue weighted by Gasteiger charge is -2.36. The highest BCUT2D eigenvalue weighted by atomic mass is 16.1. The van der Waals surface area contributed by atoms with Crippen LogP contribution in [0.5, 0.6) is 0 Å². The molecule has 0 aliphatic carbocycles. The minimum absolute atomic E-state index is 0.241. The monoisotopic (exact) mass is 269 g/mol. The van der Waals surface area contributed by atoms with E-state index >= 15 is 0 Å². The Kier molecular flexibility index (Phi) is 6.27. The van der Waals surface area contributed by atoms with Gasteiger partial charge >= 0.3 is 0 Å². The molecule has 1 saturated heterocycles. The maximum Gasteiger partial charge on any atom is 0.237 e. The first kappa shape index (κ1) is 16.4. The minimum atomic E-state index is -0.552. The van der Waals surface area contributed by atoms with Crippen LogP contribution in [-0.2, 0) is 4.79 Å². The summed E-state index contributed by atoms with van der Waals surface area (Å²) in [5, 5.41) is 3.22. The molecule has 19 heavy (non-hydrogen) atoms. The van der Waals surface area contributed by atoms with Gasteiger partial charge in [-0.25, -0.2) is 0 Å². The molecule has 1 aliphatic heterocycles. The van der Waals surface area contributed by atoms with Gasteiger partial charge in [-0.1, -0.05) is 20.8 Å². The van der Waals surface area contributed by atoms with Crippen molar-refractivity contribution in [1.82, 2.24) is 10.2 Å². The average molecular weight is 269 g/mol. The molecular formula is C15H31N3O. The van der Waals surface area contributed by atoms with Gasteiger partial charge in [-0.3, -0.25) is 4.79 Å². The fourth-order valence-corrected chi connectivity index (χ4v) is 2.90. The highest BCUT2D eigenvalue weighted by molar-refractivity contribution is 5.84. The Morgan fingerprint density at radius 2 is 2.11 bits per heavy atom. The summed E-state index contributed by atoms with van der Waals surface area (Å²) in [7, 11) is 0. The average Bonchev–Trinajstić information content (AvgIpc) is 2.34. The third-order valence-corrected chi connectivity index (χ3v) is 4.68. The lowest BCUT2D eigenvalue weighted by molar-refractivity contribution is -0.124. The molecule has 112 valence electrons. The van der Waals surface area contributed by atoms with Gasteiger partial charge in [-0.15, -0.1) is 0 Å². The summed E-state index contributed by atoms with van der Waals surface area (Å²) >= 11 is 0. The van der Waals surface area contributed by atoms with E-state index < -0.39 is 5.54 Å². The molecule has 0 bridgehead atoms. The summed E-state index contributed by atoms with van der Waals surface area (Å²) in [6, 6.07) is 0. The number of hydrogen-bond donors (Lipinski definition) is 2. The van der Waals surface area contributed by atoms with Crippen molar-refractivity contribution < 1.29 is 4.79 Å². The molecule has 1 heterocycles. The fourth-order valence-electron chi connectivity index (χ4n) is 2.90. The van der Waals surface area contributed by atoms with Crippen LogP contribution in [-0.4, -0.2) is 42.5 Å². The van der Waals surface area contributed by atoms with Crippen molar-refractivity contribution in [2.45, 2.75) is 52.5 Å². The first-order valence-corrected chi connectivity index (χ1v) is 7.66. The SMILES string of the molecule is CCNC(C)(CCCN1CCC(C)C(C)C1)C(N)=O. The maximum absolute atomic E-state index is 11.5. The Morgan fingerprint density at radius 1 is 1.42 bits per heavy atom. The Labute approximate surface area is 118 Å². The van der Waals surface area contributed by atoms with Crippen LogP contribution in [0.25, 0.3) is 0 Å². The van der Waals surface area contributed by atoms with Crippen molar-refractivity contribution in [1.29, 1.82) is 0 Å². The number of nitrogens with two attached hydrogens (primary N) is 1. The van der Waals surface area contributed by atoms with Gasteiger partial charge in [0, 0.05) is 6.54 Å². The van der Waals surface area contributed by atoms with Gasteiger partial charge in [-0.05, 0) is 57.7 Å². The quantitative estimate of drug-likeness (QED) is 0.738. The van der Waals surface area contributed by atoms with E-state index in [1.165, 1.54) is 19.5 Å². The molecule has 1 aliphatic rings. The Hall–Kier alpha value is -0.610. The third kappa shape index (κ3) is 4.77. The number of likely N-dealkylation sites (tertiary alicyclic amines) is 1. The second kappa shape index (κ2) is 7.25. The van der Waals surface area contributed by atoms with Gasteiger partial charge in [0.25, 0.3) is 0 Å². The fraction of sp³-hybridized carbons (Fsp3) is 0.933. The molecule has 0 aromatic carbocycles. The van der Waals surface area contributed by atoms with Crippen molar-refractivity contribution in [2.75, 3.05) is 26.2 Å². The lowest BCUT2D eigenvalue weighted by Crippen LogP contribution is -2.53.